The number of amides is 2. The fourth-order valence-corrected chi connectivity index (χ4v) is 3.83. The second-order valence-corrected chi connectivity index (χ2v) is 8.11. The van der Waals surface area contributed by atoms with E-state index in [0.717, 1.165) is 51.6 Å². The highest BCUT2D eigenvalue weighted by Crippen LogP contribution is 2.20. The van der Waals surface area contributed by atoms with Gasteiger partial charge in [0, 0.05) is 19.5 Å². The molecule has 1 fully saturated rings. The topological polar surface area (TPSA) is 75.7 Å². The van der Waals surface area contributed by atoms with Crippen molar-refractivity contribution in [3.05, 3.63) is 65.7 Å². The lowest BCUT2D eigenvalue weighted by atomic mass is 10.1. The highest BCUT2D eigenvalue weighted by atomic mass is 16.5. The third-order valence-corrected chi connectivity index (χ3v) is 5.60. The van der Waals surface area contributed by atoms with Gasteiger partial charge >= 0.3 is 5.97 Å². The lowest BCUT2D eigenvalue weighted by molar-refractivity contribution is -0.144. The molecule has 0 spiro atoms. The van der Waals surface area contributed by atoms with Gasteiger partial charge in [-0.05, 0) is 43.4 Å². The number of anilines is 1. The number of hydrogen-bond donors (Lipinski definition) is 1. The van der Waals surface area contributed by atoms with E-state index in [1.54, 1.807) is 24.3 Å². The molecule has 0 bridgehead atoms. The molecule has 2 aromatic rings. The summed E-state index contributed by atoms with van der Waals surface area (Å²) in [5.41, 5.74) is 2.19. The number of benzene rings is 2. The van der Waals surface area contributed by atoms with Crippen molar-refractivity contribution < 1.29 is 19.1 Å². The Morgan fingerprint density at radius 1 is 0.844 bits per heavy atom. The largest absolute Gasteiger partial charge is 0.466 e. The molecule has 0 aliphatic carbocycles. The van der Waals surface area contributed by atoms with Gasteiger partial charge < -0.3 is 15.0 Å². The standard InChI is InChI=1S/C26H32N2O4/c29-24(16-17-25(30)32-20-10-13-21-11-4-3-5-12-21)27-23-15-7-6-14-22(23)26(31)28-18-8-1-2-9-19-28/h3-7,11-12,14-15H,1-2,8-10,13,16-20H2,(H,27,29). The summed E-state index contributed by atoms with van der Waals surface area (Å²) in [6.07, 6.45) is 5.92. The third-order valence-electron chi connectivity index (χ3n) is 5.60. The molecule has 0 saturated carbocycles. The fourth-order valence-electron chi connectivity index (χ4n) is 3.83. The second kappa shape index (κ2) is 12.6. The van der Waals surface area contributed by atoms with Crippen LogP contribution in [0.5, 0.6) is 0 Å². The lowest BCUT2D eigenvalue weighted by Crippen LogP contribution is -2.32. The number of esters is 1. The molecule has 1 saturated heterocycles. The van der Waals surface area contributed by atoms with Crippen LogP contribution in [0.25, 0.3) is 0 Å². The molecule has 6 heteroatoms. The van der Waals surface area contributed by atoms with E-state index in [1.165, 1.54) is 5.56 Å². The van der Waals surface area contributed by atoms with Crippen molar-refractivity contribution in [3.8, 4) is 0 Å². The van der Waals surface area contributed by atoms with E-state index in [4.69, 9.17) is 4.74 Å². The van der Waals surface area contributed by atoms with E-state index in [1.807, 2.05) is 35.2 Å². The van der Waals surface area contributed by atoms with Gasteiger partial charge in [-0.1, -0.05) is 55.3 Å². The first-order valence-corrected chi connectivity index (χ1v) is 11.5. The number of aryl methyl sites for hydroxylation is 1. The van der Waals surface area contributed by atoms with Gasteiger partial charge in [-0.2, -0.15) is 0 Å². The van der Waals surface area contributed by atoms with E-state index in [-0.39, 0.29) is 30.6 Å². The van der Waals surface area contributed by atoms with Gasteiger partial charge in [0.15, 0.2) is 0 Å². The molecule has 1 aliphatic rings. The van der Waals surface area contributed by atoms with Crippen LogP contribution in [0.4, 0.5) is 5.69 Å². The van der Waals surface area contributed by atoms with Crippen molar-refractivity contribution in [2.75, 3.05) is 25.0 Å². The van der Waals surface area contributed by atoms with Crippen molar-refractivity contribution in [3.63, 3.8) is 0 Å². The minimum absolute atomic E-state index is 0.0133. The number of para-hydroxylation sites is 1. The average Bonchev–Trinajstić information content (AvgIpc) is 3.11. The number of carbonyl (C=O) groups excluding carboxylic acids is 3. The normalized spacial score (nSPS) is 13.8. The molecular weight excluding hydrogens is 404 g/mol. The molecule has 170 valence electrons. The Hall–Kier alpha value is -3.15. The molecule has 2 amide bonds. The molecule has 2 aromatic carbocycles. The third kappa shape index (κ3) is 7.52. The van der Waals surface area contributed by atoms with Crippen LogP contribution in [0.3, 0.4) is 0 Å². The Labute approximate surface area is 189 Å². The smallest absolute Gasteiger partial charge is 0.306 e. The minimum atomic E-state index is -0.387. The van der Waals surface area contributed by atoms with Crippen molar-refractivity contribution in [2.24, 2.45) is 0 Å². The van der Waals surface area contributed by atoms with E-state index in [2.05, 4.69) is 5.32 Å². The van der Waals surface area contributed by atoms with Gasteiger partial charge in [-0.15, -0.1) is 0 Å². The van der Waals surface area contributed by atoms with Crippen LogP contribution in [-0.2, 0) is 20.7 Å². The molecular formula is C26H32N2O4. The SMILES string of the molecule is O=C(CCC(=O)OCCCc1ccccc1)Nc1ccccc1C(=O)N1CCCCCC1. The summed E-state index contributed by atoms with van der Waals surface area (Å²) in [4.78, 5) is 39.2. The van der Waals surface area contributed by atoms with Crippen LogP contribution in [0.15, 0.2) is 54.6 Å². The Kier molecular flexibility index (Phi) is 9.29. The Balaban J connectivity index is 1.42. The first kappa shape index (κ1) is 23.5. The summed E-state index contributed by atoms with van der Waals surface area (Å²) in [6.45, 7) is 1.83. The molecule has 6 nitrogen and oxygen atoms in total. The summed E-state index contributed by atoms with van der Waals surface area (Å²) in [5, 5.41) is 2.80. The summed E-state index contributed by atoms with van der Waals surface area (Å²) in [7, 11) is 0. The second-order valence-electron chi connectivity index (χ2n) is 8.11. The van der Waals surface area contributed by atoms with Crippen LogP contribution in [0.1, 0.15) is 60.9 Å². The Bertz CT molecular complexity index is 890. The monoisotopic (exact) mass is 436 g/mol. The molecule has 0 radical (unpaired) electrons. The lowest BCUT2D eigenvalue weighted by Gasteiger charge is -2.22. The number of hydrogen-bond acceptors (Lipinski definition) is 4. The molecule has 32 heavy (non-hydrogen) atoms. The summed E-state index contributed by atoms with van der Waals surface area (Å²) < 4.78 is 5.24. The van der Waals surface area contributed by atoms with Gasteiger partial charge in [-0.25, -0.2) is 0 Å². The van der Waals surface area contributed by atoms with Crippen molar-refractivity contribution in [1.29, 1.82) is 0 Å². The molecule has 0 aromatic heterocycles. The molecule has 1 aliphatic heterocycles. The van der Waals surface area contributed by atoms with E-state index in [9.17, 15) is 14.4 Å². The van der Waals surface area contributed by atoms with Crippen molar-refractivity contribution >= 4 is 23.5 Å². The summed E-state index contributed by atoms with van der Waals surface area (Å²) >= 11 is 0. The zero-order valence-corrected chi connectivity index (χ0v) is 18.6. The molecule has 1 N–H and O–H groups in total. The van der Waals surface area contributed by atoms with E-state index in [0.29, 0.717) is 17.9 Å². The number of nitrogens with zero attached hydrogens (tertiary/aromatic N) is 1. The first-order valence-electron chi connectivity index (χ1n) is 11.5. The number of carbonyl (C=O) groups is 3. The number of ether oxygens (including phenoxy) is 1. The quantitative estimate of drug-likeness (QED) is 0.461. The van der Waals surface area contributed by atoms with E-state index < -0.39 is 0 Å². The van der Waals surface area contributed by atoms with Crippen LogP contribution < -0.4 is 5.32 Å². The number of nitrogens with one attached hydrogen (secondary N) is 1. The van der Waals surface area contributed by atoms with Gasteiger partial charge in [0.1, 0.15) is 0 Å². The van der Waals surface area contributed by atoms with Crippen LogP contribution in [0, 0.1) is 0 Å². The van der Waals surface area contributed by atoms with E-state index >= 15 is 0 Å². The molecule has 0 atom stereocenters. The average molecular weight is 437 g/mol. The minimum Gasteiger partial charge on any atom is -0.466 e. The summed E-state index contributed by atoms with van der Waals surface area (Å²) in [5.74, 6) is -0.745. The first-order chi connectivity index (χ1) is 15.6. The zero-order valence-electron chi connectivity index (χ0n) is 18.6. The van der Waals surface area contributed by atoms with Gasteiger partial charge in [0.2, 0.25) is 5.91 Å². The van der Waals surface area contributed by atoms with Crippen LogP contribution >= 0.6 is 0 Å². The number of likely N-dealkylation sites (tertiary alicyclic amines) is 1. The highest BCUT2D eigenvalue weighted by Gasteiger charge is 2.20. The van der Waals surface area contributed by atoms with Crippen LogP contribution in [0.2, 0.25) is 0 Å². The maximum atomic E-state index is 13.0. The molecule has 1 heterocycles. The summed E-state index contributed by atoms with van der Waals surface area (Å²) in [6, 6.07) is 17.1. The fraction of sp³-hybridized carbons (Fsp3) is 0.423. The maximum absolute atomic E-state index is 13.0. The predicted molar refractivity (Wildman–Crippen MR) is 124 cm³/mol. The molecule has 0 unspecified atom stereocenters. The zero-order chi connectivity index (χ0) is 22.6. The van der Waals surface area contributed by atoms with Gasteiger partial charge in [0.25, 0.3) is 5.91 Å². The molecule has 3 rings (SSSR count). The van der Waals surface area contributed by atoms with Gasteiger partial charge in [-0.3, -0.25) is 14.4 Å². The predicted octanol–water partition coefficient (Wildman–Crippen LogP) is 4.60. The number of rotatable bonds is 9. The van der Waals surface area contributed by atoms with Gasteiger partial charge in [0.05, 0.1) is 24.3 Å². The van der Waals surface area contributed by atoms with Crippen molar-refractivity contribution in [1.82, 2.24) is 4.90 Å². The highest BCUT2D eigenvalue weighted by molar-refractivity contribution is 6.04. The maximum Gasteiger partial charge on any atom is 0.306 e. The van der Waals surface area contributed by atoms with Crippen LogP contribution in [-0.4, -0.2) is 42.4 Å². The Morgan fingerprint density at radius 3 is 2.28 bits per heavy atom. The Morgan fingerprint density at radius 2 is 1.53 bits per heavy atom. The van der Waals surface area contributed by atoms with Crippen molar-refractivity contribution in [2.45, 2.75) is 51.4 Å².